The lowest BCUT2D eigenvalue weighted by atomic mass is 10.2. The molecule has 0 aromatic heterocycles. The van der Waals surface area contributed by atoms with E-state index in [9.17, 15) is 22.8 Å². The molecular formula is C16H11BrF3N3O2. The van der Waals surface area contributed by atoms with Crippen molar-refractivity contribution in [1.82, 2.24) is 5.43 Å². The molecule has 25 heavy (non-hydrogen) atoms. The van der Waals surface area contributed by atoms with Gasteiger partial charge in [-0.05, 0) is 24.3 Å². The molecular weight excluding hydrogens is 403 g/mol. The Hall–Kier alpha value is -2.68. The molecule has 0 bridgehead atoms. The first kappa shape index (κ1) is 18.7. The Bertz CT molecular complexity index is 822. The molecule has 5 nitrogen and oxygen atoms in total. The van der Waals surface area contributed by atoms with Crippen molar-refractivity contribution in [2.45, 2.75) is 6.18 Å². The van der Waals surface area contributed by atoms with E-state index in [1.165, 1.54) is 12.3 Å². The highest BCUT2D eigenvalue weighted by atomic mass is 79.9. The summed E-state index contributed by atoms with van der Waals surface area (Å²) in [4.78, 5) is 23.3. The summed E-state index contributed by atoms with van der Waals surface area (Å²) in [7, 11) is 0. The number of anilines is 1. The molecule has 9 heteroatoms. The van der Waals surface area contributed by atoms with Gasteiger partial charge in [-0.2, -0.15) is 18.3 Å². The SMILES string of the molecule is O=C(N/N=C\c1ccccc1Br)C(=O)Nc1cccc(C(F)(F)F)c1. The number of hydrogen-bond donors (Lipinski definition) is 2. The third-order valence-corrected chi connectivity index (χ3v) is 3.65. The van der Waals surface area contributed by atoms with E-state index in [2.05, 4.69) is 26.3 Å². The van der Waals surface area contributed by atoms with Crippen molar-refractivity contribution in [1.29, 1.82) is 0 Å². The Morgan fingerprint density at radius 1 is 1.04 bits per heavy atom. The number of amides is 2. The van der Waals surface area contributed by atoms with Crippen molar-refractivity contribution in [2.24, 2.45) is 5.10 Å². The topological polar surface area (TPSA) is 70.6 Å². The van der Waals surface area contributed by atoms with E-state index in [4.69, 9.17) is 0 Å². The van der Waals surface area contributed by atoms with E-state index >= 15 is 0 Å². The first-order chi connectivity index (χ1) is 11.8. The average Bonchev–Trinajstić information content (AvgIpc) is 2.56. The first-order valence-corrected chi connectivity index (χ1v) is 7.63. The number of carbonyl (C=O) groups excluding carboxylic acids is 2. The molecule has 2 aromatic rings. The van der Waals surface area contributed by atoms with E-state index in [1.807, 2.05) is 5.43 Å². The molecule has 0 aliphatic heterocycles. The fourth-order valence-corrected chi connectivity index (χ4v) is 2.14. The van der Waals surface area contributed by atoms with Gasteiger partial charge in [0, 0.05) is 15.7 Å². The Morgan fingerprint density at radius 2 is 1.76 bits per heavy atom. The fraction of sp³-hybridized carbons (Fsp3) is 0.0625. The largest absolute Gasteiger partial charge is 0.416 e. The summed E-state index contributed by atoms with van der Waals surface area (Å²) in [5, 5.41) is 5.71. The van der Waals surface area contributed by atoms with Gasteiger partial charge in [-0.25, -0.2) is 5.43 Å². The lowest BCUT2D eigenvalue weighted by molar-refractivity contribution is -0.137. The molecule has 0 aliphatic rings. The lowest BCUT2D eigenvalue weighted by Crippen LogP contribution is -2.32. The number of carbonyl (C=O) groups is 2. The van der Waals surface area contributed by atoms with Crippen molar-refractivity contribution in [3.05, 3.63) is 64.1 Å². The van der Waals surface area contributed by atoms with Crippen LogP contribution in [-0.4, -0.2) is 18.0 Å². The summed E-state index contributed by atoms with van der Waals surface area (Å²) in [6.45, 7) is 0. The first-order valence-electron chi connectivity index (χ1n) is 6.83. The summed E-state index contributed by atoms with van der Waals surface area (Å²) < 4.78 is 38.6. The van der Waals surface area contributed by atoms with Crippen LogP contribution in [0.15, 0.2) is 58.1 Å². The zero-order valence-electron chi connectivity index (χ0n) is 12.5. The third kappa shape index (κ3) is 5.42. The number of hydrazone groups is 1. The normalized spacial score (nSPS) is 11.4. The highest BCUT2D eigenvalue weighted by Crippen LogP contribution is 2.30. The smallest absolute Gasteiger partial charge is 0.318 e. The van der Waals surface area contributed by atoms with Gasteiger partial charge in [0.25, 0.3) is 0 Å². The lowest BCUT2D eigenvalue weighted by Gasteiger charge is -2.09. The van der Waals surface area contributed by atoms with E-state index in [0.29, 0.717) is 5.56 Å². The van der Waals surface area contributed by atoms with Crippen LogP contribution in [0.2, 0.25) is 0 Å². The molecule has 0 heterocycles. The van der Waals surface area contributed by atoms with Gasteiger partial charge in [-0.3, -0.25) is 9.59 Å². The van der Waals surface area contributed by atoms with Gasteiger partial charge < -0.3 is 5.32 Å². The van der Waals surface area contributed by atoms with Crippen molar-refractivity contribution < 1.29 is 22.8 Å². The fourth-order valence-electron chi connectivity index (χ4n) is 1.75. The predicted octanol–water partition coefficient (Wildman–Crippen LogP) is 3.56. The molecule has 0 radical (unpaired) electrons. The second kappa shape index (κ2) is 7.93. The molecule has 0 aliphatic carbocycles. The number of benzene rings is 2. The Labute approximate surface area is 149 Å². The highest BCUT2D eigenvalue weighted by molar-refractivity contribution is 9.10. The maximum absolute atomic E-state index is 12.6. The molecule has 0 saturated carbocycles. The molecule has 0 spiro atoms. The average molecular weight is 414 g/mol. The van der Waals surface area contributed by atoms with Crippen LogP contribution in [0.4, 0.5) is 18.9 Å². The van der Waals surface area contributed by atoms with Crippen molar-refractivity contribution >= 4 is 39.6 Å². The number of rotatable bonds is 3. The number of alkyl halides is 3. The maximum atomic E-state index is 12.6. The number of nitrogens with one attached hydrogen (secondary N) is 2. The molecule has 0 unspecified atom stereocenters. The minimum atomic E-state index is -4.55. The molecule has 2 N–H and O–H groups in total. The standard InChI is InChI=1S/C16H11BrF3N3O2/c17-13-7-2-1-4-10(13)9-21-23-15(25)14(24)22-12-6-3-5-11(8-12)16(18,19)20/h1-9H,(H,22,24)(H,23,25)/b21-9-. The molecule has 2 amide bonds. The van der Waals surface area contributed by atoms with Crippen LogP contribution in [0.5, 0.6) is 0 Å². The number of halogens is 4. The van der Waals surface area contributed by atoms with Crippen LogP contribution in [0.3, 0.4) is 0 Å². The van der Waals surface area contributed by atoms with Crippen LogP contribution < -0.4 is 10.7 Å². The summed E-state index contributed by atoms with van der Waals surface area (Å²) in [5.74, 6) is -2.25. The van der Waals surface area contributed by atoms with Gasteiger partial charge in [0.15, 0.2) is 0 Å². The van der Waals surface area contributed by atoms with Gasteiger partial charge in [0.1, 0.15) is 0 Å². The summed E-state index contributed by atoms with van der Waals surface area (Å²) >= 11 is 3.28. The Balaban J connectivity index is 1.97. The molecule has 0 fully saturated rings. The van der Waals surface area contributed by atoms with Gasteiger partial charge >= 0.3 is 18.0 Å². The van der Waals surface area contributed by atoms with E-state index < -0.39 is 23.6 Å². The minimum absolute atomic E-state index is 0.148. The number of nitrogens with zero attached hydrogens (tertiary/aromatic N) is 1. The minimum Gasteiger partial charge on any atom is -0.318 e. The third-order valence-electron chi connectivity index (χ3n) is 2.93. The maximum Gasteiger partial charge on any atom is 0.416 e. The van der Waals surface area contributed by atoms with Gasteiger partial charge in [0.05, 0.1) is 11.8 Å². The van der Waals surface area contributed by atoms with Crippen LogP contribution in [0.25, 0.3) is 0 Å². The van der Waals surface area contributed by atoms with Gasteiger partial charge in [-0.1, -0.05) is 40.2 Å². The monoisotopic (exact) mass is 413 g/mol. The highest BCUT2D eigenvalue weighted by Gasteiger charge is 2.30. The summed E-state index contributed by atoms with van der Waals surface area (Å²) in [6, 6.07) is 11.0. The molecule has 2 aromatic carbocycles. The van der Waals surface area contributed by atoms with E-state index in [-0.39, 0.29) is 5.69 Å². The van der Waals surface area contributed by atoms with E-state index in [1.54, 1.807) is 24.3 Å². The second-order valence-electron chi connectivity index (χ2n) is 4.75. The van der Waals surface area contributed by atoms with Gasteiger partial charge in [-0.15, -0.1) is 0 Å². The quantitative estimate of drug-likeness (QED) is 0.458. The van der Waals surface area contributed by atoms with Crippen LogP contribution in [0, 0.1) is 0 Å². The number of hydrogen-bond acceptors (Lipinski definition) is 3. The van der Waals surface area contributed by atoms with Gasteiger partial charge in [0.2, 0.25) is 0 Å². The van der Waals surface area contributed by atoms with Crippen molar-refractivity contribution in [2.75, 3.05) is 5.32 Å². The molecule has 2 rings (SSSR count). The molecule has 130 valence electrons. The van der Waals surface area contributed by atoms with Crippen molar-refractivity contribution in [3.63, 3.8) is 0 Å². The summed E-state index contributed by atoms with van der Waals surface area (Å²) in [5.41, 5.74) is 1.59. The second-order valence-corrected chi connectivity index (χ2v) is 5.61. The zero-order chi connectivity index (χ0) is 18.4. The summed E-state index contributed by atoms with van der Waals surface area (Å²) in [6.07, 6.45) is -3.23. The van der Waals surface area contributed by atoms with Crippen LogP contribution >= 0.6 is 15.9 Å². The Morgan fingerprint density at radius 3 is 2.44 bits per heavy atom. The van der Waals surface area contributed by atoms with E-state index in [0.717, 1.165) is 22.7 Å². The van der Waals surface area contributed by atoms with Crippen LogP contribution in [0.1, 0.15) is 11.1 Å². The predicted molar refractivity (Wildman–Crippen MR) is 90.0 cm³/mol. The van der Waals surface area contributed by atoms with Crippen LogP contribution in [-0.2, 0) is 15.8 Å². The molecule has 0 atom stereocenters. The van der Waals surface area contributed by atoms with Crippen molar-refractivity contribution in [3.8, 4) is 0 Å². The zero-order valence-corrected chi connectivity index (χ0v) is 14.1. The molecule has 0 saturated heterocycles. The Kier molecular flexibility index (Phi) is 5.92.